The zero-order chi connectivity index (χ0) is 20.4. The molecule has 0 N–H and O–H groups in total. The van der Waals surface area contributed by atoms with Gasteiger partial charge in [-0.1, -0.05) is 88.4 Å². The Hall–Kier alpha value is -3.06. The van der Waals surface area contributed by atoms with Crippen LogP contribution in [0, 0.1) is 0 Å². The topological polar surface area (TPSA) is 4.93 Å². The van der Waals surface area contributed by atoms with Crippen molar-refractivity contribution in [1.29, 1.82) is 0 Å². The van der Waals surface area contributed by atoms with E-state index in [1.54, 1.807) is 0 Å². The third kappa shape index (κ3) is 3.78. The van der Waals surface area contributed by atoms with Gasteiger partial charge in [0.25, 0.3) is 0 Å². The van der Waals surface area contributed by atoms with Crippen LogP contribution in [-0.4, -0.2) is 4.57 Å². The molecule has 1 heteroatoms. The molecule has 0 amide bonds. The van der Waals surface area contributed by atoms with Crippen LogP contribution in [0.5, 0.6) is 0 Å². The van der Waals surface area contributed by atoms with E-state index in [2.05, 4.69) is 123 Å². The zero-order valence-electron chi connectivity index (χ0n) is 17.8. The molecule has 0 aliphatic heterocycles. The van der Waals surface area contributed by atoms with Crippen LogP contribution in [0.1, 0.15) is 50.7 Å². The van der Waals surface area contributed by atoms with Gasteiger partial charge in [-0.3, -0.25) is 0 Å². The monoisotopic (exact) mass is 379 g/mol. The van der Waals surface area contributed by atoms with Crippen LogP contribution in [0.15, 0.2) is 91.1 Å². The highest BCUT2D eigenvalue weighted by atomic mass is 15.0. The van der Waals surface area contributed by atoms with E-state index in [0.29, 0.717) is 11.8 Å². The van der Waals surface area contributed by atoms with Crippen molar-refractivity contribution in [2.24, 2.45) is 0 Å². The van der Waals surface area contributed by atoms with Crippen LogP contribution in [-0.2, 0) is 0 Å². The van der Waals surface area contributed by atoms with E-state index in [0.717, 1.165) is 0 Å². The van der Waals surface area contributed by atoms with Crippen molar-refractivity contribution in [3.8, 4) is 28.1 Å². The molecule has 1 heterocycles. The Bertz CT molecular complexity index is 1060. The van der Waals surface area contributed by atoms with Gasteiger partial charge >= 0.3 is 0 Å². The quantitative estimate of drug-likeness (QED) is 0.330. The molecule has 4 aromatic rings. The smallest absolute Gasteiger partial charge is 0.0528 e. The lowest BCUT2D eigenvalue weighted by Gasteiger charge is -2.24. The SMILES string of the molecule is CC(C)c1cc(-c2ccccc2)cc(C(C)C)c1-n1cccc1-c1ccccc1. The first kappa shape index (κ1) is 19.3. The Balaban J connectivity index is 1.98. The summed E-state index contributed by atoms with van der Waals surface area (Å²) in [5.74, 6) is 0.856. The molecule has 146 valence electrons. The highest BCUT2D eigenvalue weighted by molar-refractivity contribution is 5.72. The Kier molecular flexibility index (Phi) is 5.40. The predicted octanol–water partition coefficient (Wildman–Crippen LogP) is 8.06. The molecule has 0 spiro atoms. The highest BCUT2D eigenvalue weighted by Crippen LogP contribution is 2.38. The van der Waals surface area contributed by atoms with Gasteiger partial charge in [0.2, 0.25) is 0 Å². The second-order valence-electron chi connectivity index (χ2n) is 8.31. The fraction of sp³-hybridized carbons (Fsp3) is 0.214. The van der Waals surface area contributed by atoms with Crippen LogP contribution in [0.4, 0.5) is 0 Å². The largest absolute Gasteiger partial charge is 0.316 e. The first-order valence-electron chi connectivity index (χ1n) is 10.5. The Morgan fingerprint density at radius 2 is 1.07 bits per heavy atom. The number of hydrogen-bond donors (Lipinski definition) is 0. The molecular weight excluding hydrogens is 350 g/mol. The summed E-state index contributed by atoms with van der Waals surface area (Å²) in [7, 11) is 0. The molecular formula is C28H29N. The minimum Gasteiger partial charge on any atom is -0.316 e. The number of hydrogen-bond acceptors (Lipinski definition) is 0. The molecule has 1 aromatic heterocycles. The summed E-state index contributed by atoms with van der Waals surface area (Å²) in [5.41, 5.74) is 9.18. The fourth-order valence-electron chi connectivity index (χ4n) is 4.06. The van der Waals surface area contributed by atoms with Crippen molar-refractivity contribution >= 4 is 0 Å². The molecule has 0 radical (unpaired) electrons. The molecule has 1 nitrogen and oxygen atoms in total. The number of nitrogens with zero attached hydrogens (tertiary/aromatic N) is 1. The maximum atomic E-state index is 2.38. The van der Waals surface area contributed by atoms with Crippen molar-refractivity contribution in [3.63, 3.8) is 0 Å². The third-order valence-electron chi connectivity index (χ3n) is 5.58. The van der Waals surface area contributed by atoms with Gasteiger partial charge < -0.3 is 4.57 Å². The lowest BCUT2D eigenvalue weighted by molar-refractivity contribution is 0.808. The van der Waals surface area contributed by atoms with E-state index in [9.17, 15) is 0 Å². The van der Waals surface area contributed by atoms with Gasteiger partial charge in [0.1, 0.15) is 0 Å². The van der Waals surface area contributed by atoms with Crippen LogP contribution in [0.2, 0.25) is 0 Å². The van der Waals surface area contributed by atoms with Crippen molar-refractivity contribution in [1.82, 2.24) is 4.57 Å². The predicted molar refractivity (Wildman–Crippen MR) is 125 cm³/mol. The summed E-state index contributed by atoms with van der Waals surface area (Å²) < 4.78 is 2.38. The molecule has 0 saturated carbocycles. The van der Waals surface area contributed by atoms with E-state index in [1.165, 1.54) is 39.2 Å². The molecule has 0 bridgehead atoms. The van der Waals surface area contributed by atoms with E-state index in [4.69, 9.17) is 0 Å². The van der Waals surface area contributed by atoms with Crippen molar-refractivity contribution < 1.29 is 0 Å². The van der Waals surface area contributed by atoms with Crippen molar-refractivity contribution in [2.45, 2.75) is 39.5 Å². The first-order valence-corrected chi connectivity index (χ1v) is 10.5. The summed E-state index contributed by atoms with van der Waals surface area (Å²) in [6.45, 7) is 9.18. The van der Waals surface area contributed by atoms with Crippen LogP contribution in [0.25, 0.3) is 28.1 Å². The minimum atomic E-state index is 0.428. The van der Waals surface area contributed by atoms with Gasteiger partial charge in [0.15, 0.2) is 0 Å². The minimum absolute atomic E-state index is 0.428. The molecule has 4 rings (SSSR count). The van der Waals surface area contributed by atoms with Gasteiger partial charge in [-0.15, -0.1) is 0 Å². The summed E-state index contributed by atoms with van der Waals surface area (Å²) in [4.78, 5) is 0. The van der Waals surface area contributed by atoms with Gasteiger partial charge in [-0.05, 0) is 63.9 Å². The van der Waals surface area contributed by atoms with Gasteiger partial charge in [0.05, 0.1) is 11.4 Å². The molecule has 0 fully saturated rings. The molecule has 0 aliphatic carbocycles. The molecule has 3 aromatic carbocycles. The maximum Gasteiger partial charge on any atom is 0.0528 e. The average Bonchev–Trinajstić information content (AvgIpc) is 3.23. The lowest BCUT2D eigenvalue weighted by Crippen LogP contribution is -2.08. The van der Waals surface area contributed by atoms with Gasteiger partial charge in [-0.25, -0.2) is 0 Å². The van der Waals surface area contributed by atoms with E-state index in [-0.39, 0.29) is 0 Å². The van der Waals surface area contributed by atoms with Crippen molar-refractivity contribution in [3.05, 3.63) is 102 Å². The second kappa shape index (κ2) is 8.13. The van der Waals surface area contributed by atoms with Crippen LogP contribution in [0.3, 0.4) is 0 Å². The average molecular weight is 380 g/mol. The molecule has 0 aliphatic rings. The number of rotatable bonds is 5. The molecule has 29 heavy (non-hydrogen) atoms. The standard InChI is InChI=1S/C28H29N/c1-20(2)25-18-24(22-12-7-5-8-13-22)19-26(21(3)4)28(25)29-17-11-16-27(29)23-14-9-6-10-15-23/h5-21H,1-4H3. The molecule has 0 atom stereocenters. The summed E-state index contributed by atoms with van der Waals surface area (Å²) in [6.07, 6.45) is 2.21. The van der Waals surface area contributed by atoms with Gasteiger partial charge in [-0.2, -0.15) is 0 Å². The Morgan fingerprint density at radius 3 is 1.59 bits per heavy atom. The Labute approximate surface area is 174 Å². The zero-order valence-corrected chi connectivity index (χ0v) is 17.8. The Morgan fingerprint density at radius 1 is 0.552 bits per heavy atom. The third-order valence-corrected chi connectivity index (χ3v) is 5.58. The molecule has 0 unspecified atom stereocenters. The number of aromatic nitrogens is 1. The van der Waals surface area contributed by atoms with E-state index in [1.807, 2.05) is 0 Å². The number of benzene rings is 3. The molecule has 0 saturated heterocycles. The first-order chi connectivity index (χ1) is 14.1. The lowest BCUT2D eigenvalue weighted by atomic mass is 9.88. The highest BCUT2D eigenvalue weighted by Gasteiger charge is 2.19. The summed E-state index contributed by atoms with van der Waals surface area (Å²) in [5, 5.41) is 0. The normalized spacial score (nSPS) is 11.4. The van der Waals surface area contributed by atoms with E-state index >= 15 is 0 Å². The van der Waals surface area contributed by atoms with Gasteiger partial charge in [0, 0.05) is 6.20 Å². The van der Waals surface area contributed by atoms with E-state index < -0.39 is 0 Å². The second-order valence-corrected chi connectivity index (χ2v) is 8.31. The maximum absolute atomic E-state index is 2.38. The van der Waals surface area contributed by atoms with Crippen molar-refractivity contribution in [2.75, 3.05) is 0 Å². The fourth-order valence-corrected chi connectivity index (χ4v) is 4.06. The summed E-state index contributed by atoms with van der Waals surface area (Å²) in [6, 6.07) is 30.5. The van der Waals surface area contributed by atoms with Crippen LogP contribution < -0.4 is 0 Å². The summed E-state index contributed by atoms with van der Waals surface area (Å²) >= 11 is 0. The van der Waals surface area contributed by atoms with Crippen LogP contribution >= 0.6 is 0 Å².